The van der Waals surface area contributed by atoms with E-state index in [0.717, 1.165) is 27.8 Å². The van der Waals surface area contributed by atoms with Gasteiger partial charge in [-0.05, 0) is 24.6 Å². The molecule has 37 heavy (non-hydrogen) atoms. The topological polar surface area (TPSA) is 118 Å². The Kier molecular flexibility index (Phi) is 4.86. The molecule has 2 N–H and O–H groups in total. The summed E-state index contributed by atoms with van der Waals surface area (Å²) in [4.78, 5) is 35.3. The second-order valence-corrected chi connectivity index (χ2v) is 9.91. The molecule has 0 atom stereocenters. The fraction of sp³-hybridized carbons (Fsp3) is 0.154. The molecule has 0 aliphatic carbocycles. The van der Waals surface area contributed by atoms with E-state index >= 15 is 4.39 Å². The summed E-state index contributed by atoms with van der Waals surface area (Å²) < 4.78 is 18.6. The Morgan fingerprint density at radius 2 is 1.95 bits per heavy atom. The first-order valence-corrected chi connectivity index (χ1v) is 12.7. The number of aromatic nitrogens is 8. The molecule has 7 aromatic rings. The summed E-state index contributed by atoms with van der Waals surface area (Å²) in [6, 6.07) is 5.62. The molecule has 9 nitrogen and oxygen atoms in total. The van der Waals surface area contributed by atoms with Gasteiger partial charge in [0.15, 0.2) is 11.5 Å². The highest BCUT2D eigenvalue weighted by molar-refractivity contribution is 7.24. The third-order valence-electron chi connectivity index (χ3n) is 6.49. The van der Waals surface area contributed by atoms with Crippen LogP contribution in [-0.4, -0.2) is 45.6 Å². The van der Waals surface area contributed by atoms with E-state index < -0.39 is 5.82 Å². The van der Waals surface area contributed by atoms with E-state index in [0.29, 0.717) is 45.0 Å². The number of thiophene rings is 1. The maximum Gasteiger partial charge on any atom is 0.232 e. The number of carbonyl (C=O) groups excluding carboxylic acids is 1. The number of nitrogens with one attached hydrogen (secondary N) is 2. The summed E-state index contributed by atoms with van der Waals surface area (Å²) in [5, 5.41) is 8.75. The van der Waals surface area contributed by atoms with E-state index in [9.17, 15) is 4.79 Å². The Bertz CT molecular complexity index is 2080. The van der Waals surface area contributed by atoms with Crippen LogP contribution in [0.1, 0.15) is 31.0 Å². The Labute approximate surface area is 211 Å². The van der Waals surface area contributed by atoms with Crippen molar-refractivity contribution >= 4 is 81.7 Å². The number of imidazole rings is 1. The quantitative estimate of drug-likeness (QED) is 0.292. The molecule has 182 valence electrons. The molecule has 0 fully saturated rings. The monoisotopic (exact) mass is 510 g/mol. The zero-order valence-corrected chi connectivity index (χ0v) is 20.4. The van der Waals surface area contributed by atoms with Gasteiger partial charge in [0, 0.05) is 34.3 Å². The van der Waals surface area contributed by atoms with Crippen molar-refractivity contribution in [3.8, 4) is 0 Å². The van der Waals surface area contributed by atoms with E-state index in [2.05, 4.69) is 30.1 Å². The van der Waals surface area contributed by atoms with E-state index in [1.54, 1.807) is 41.6 Å². The van der Waals surface area contributed by atoms with Crippen molar-refractivity contribution in [1.29, 1.82) is 0 Å². The van der Waals surface area contributed by atoms with Crippen molar-refractivity contribution in [2.45, 2.75) is 26.2 Å². The molecule has 7 heterocycles. The van der Waals surface area contributed by atoms with Gasteiger partial charge in [0.05, 0.1) is 40.5 Å². The number of hydrogen-bond donors (Lipinski definition) is 2. The number of halogens is 1. The Morgan fingerprint density at radius 3 is 2.84 bits per heavy atom. The molecule has 0 saturated heterocycles. The number of aromatic amines is 2. The van der Waals surface area contributed by atoms with Gasteiger partial charge in [-0.15, -0.1) is 11.3 Å². The third-order valence-corrected chi connectivity index (χ3v) is 7.59. The van der Waals surface area contributed by atoms with Gasteiger partial charge in [-0.3, -0.25) is 29.4 Å². The predicted molar refractivity (Wildman–Crippen MR) is 143 cm³/mol. The summed E-state index contributed by atoms with van der Waals surface area (Å²) in [6.45, 7) is 2.05. The Morgan fingerprint density at radius 1 is 1.05 bits per heavy atom. The van der Waals surface area contributed by atoms with Crippen molar-refractivity contribution < 1.29 is 9.18 Å². The van der Waals surface area contributed by atoms with Gasteiger partial charge in [0.25, 0.3) is 0 Å². The van der Waals surface area contributed by atoms with Gasteiger partial charge in [-0.2, -0.15) is 5.10 Å². The minimum Gasteiger partial charge on any atom is -0.335 e. The molecule has 0 aromatic carbocycles. The standard InChI is InChI=1S/C26H19FN8OS/c1-2-3-4-19(36)35-14-7-13(8-28-9-14)23-22(27)21-16(12-30-23)33-34-25(21)26-31-17-11-29-10-15(24(17)32-26)18-5-6-20(35)37-18/h5-12H,2-4H2,1H3,(H,31,32)(H,33,34). The van der Waals surface area contributed by atoms with Crippen LogP contribution in [0.15, 0.2) is 49.2 Å². The van der Waals surface area contributed by atoms with Gasteiger partial charge >= 0.3 is 0 Å². The smallest absolute Gasteiger partial charge is 0.232 e. The normalized spacial score (nSPS) is 11.9. The van der Waals surface area contributed by atoms with Crippen molar-refractivity contribution in [2.75, 3.05) is 0 Å². The van der Waals surface area contributed by atoms with Crippen LogP contribution in [0, 0.1) is 5.82 Å². The van der Waals surface area contributed by atoms with E-state index in [1.807, 2.05) is 19.1 Å². The molecule has 8 bridgehead atoms. The molecule has 7 rings (SSSR count). The molecule has 0 spiro atoms. The highest BCUT2D eigenvalue weighted by Crippen LogP contribution is 2.31. The van der Waals surface area contributed by atoms with Crippen LogP contribution in [-0.2, 0) is 0 Å². The van der Waals surface area contributed by atoms with Crippen LogP contribution in [0.25, 0.3) is 64.4 Å². The highest BCUT2D eigenvalue weighted by atomic mass is 32.1. The zero-order valence-electron chi connectivity index (χ0n) is 19.6. The first kappa shape index (κ1) is 21.7. The van der Waals surface area contributed by atoms with E-state index in [4.69, 9.17) is 4.98 Å². The highest BCUT2D eigenvalue weighted by Gasteiger charge is 2.16. The first-order valence-electron chi connectivity index (χ1n) is 11.9. The van der Waals surface area contributed by atoms with Crippen LogP contribution < -0.4 is 0 Å². The summed E-state index contributed by atoms with van der Waals surface area (Å²) in [7, 11) is 0. The van der Waals surface area contributed by atoms with Crippen LogP contribution in [0.3, 0.4) is 0 Å². The lowest BCUT2D eigenvalue weighted by Crippen LogP contribution is -2.10. The molecular formula is C26H19FN8OS. The fourth-order valence-electron chi connectivity index (χ4n) is 4.68. The Hall–Kier alpha value is -4.51. The van der Waals surface area contributed by atoms with Crippen molar-refractivity contribution in [3.05, 3.63) is 55.0 Å². The van der Waals surface area contributed by atoms with Gasteiger partial charge in [0.1, 0.15) is 21.4 Å². The number of rotatable bonds is 3. The second-order valence-electron chi connectivity index (χ2n) is 8.85. The van der Waals surface area contributed by atoms with Gasteiger partial charge < -0.3 is 4.98 Å². The summed E-state index contributed by atoms with van der Waals surface area (Å²) in [5.41, 5.74) is 3.26. The van der Waals surface area contributed by atoms with Crippen LogP contribution in [0.5, 0.6) is 0 Å². The number of nitrogens with zero attached hydrogens (tertiary/aromatic N) is 6. The largest absolute Gasteiger partial charge is 0.335 e. The van der Waals surface area contributed by atoms with Gasteiger partial charge in [-0.1, -0.05) is 13.3 Å². The lowest BCUT2D eigenvalue weighted by Gasteiger charge is -2.07. The van der Waals surface area contributed by atoms with Gasteiger partial charge in [0.2, 0.25) is 5.91 Å². The zero-order chi connectivity index (χ0) is 25.1. The minimum atomic E-state index is -0.546. The van der Waals surface area contributed by atoms with Crippen LogP contribution in [0.2, 0.25) is 0 Å². The fourth-order valence-corrected chi connectivity index (χ4v) is 5.73. The molecule has 0 aliphatic heterocycles. The molecule has 7 aromatic heterocycles. The van der Waals surface area contributed by atoms with Crippen LogP contribution in [0.4, 0.5) is 4.39 Å². The average molecular weight is 511 g/mol. The lowest BCUT2D eigenvalue weighted by atomic mass is 10.2. The predicted octanol–water partition coefficient (Wildman–Crippen LogP) is 6.19. The summed E-state index contributed by atoms with van der Waals surface area (Å²) >= 11 is 1.46. The maximum atomic E-state index is 16.1. The number of pyridine rings is 3. The van der Waals surface area contributed by atoms with Crippen LogP contribution >= 0.6 is 11.3 Å². The SMILES string of the molecule is CCCCC(=O)n1c2cncc(c2)c2ncc3[nH]nc(c4nc5c(cncc5c5ccc1s5)[nH]4)c3c2F. The Balaban J connectivity index is 1.74. The molecule has 0 saturated carbocycles. The molecule has 0 aliphatic rings. The van der Waals surface area contributed by atoms with Crippen molar-refractivity contribution in [3.63, 3.8) is 0 Å². The number of carbonyl (C=O) groups is 1. The first-order chi connectivity index (χ1) is 18.1. The van der Waals surface area contributed by atoms with Crippen molar-refractivity contribution in [1.82, 2.24) is 39.7 Å². The van der Waals surface area contributed by atoms with E-state index in [-0.39, 0.29) is 16.8 Å². The summed E-state index contributed by atoms with van der Waals surface area (Å²) in [5.74, 6) is -0.603. The molecule has 0 amide bonds. The second kappa shape index (κ2) is 8.27. The number of fused-ring (bicyclic) bond motifs is 9. The lowest BCUT2D eigenvalue weighted by molar-refractivity contribution is 0.0909. The molecule has 11 heteroatoms. The minimum absolute atomic E-state index is 0.0575. The van der Waals surface area contributed by atoms with Gasteiger partial charge in [-0.25, -0.2) is 9.37 Å². The third kappa shape index (κ3) is 3.34. The number of hydrogen-bond acceptors (Lipinski definition) is 7. The van der Waals surface area contributed by atoms with Crippen molar-refractivity contribution in [2.24, 2.45) is 0 Å². The maximum absolute atomic E-state index is 16.1. The number of H-pyrrole nitrogens is 2. The summed E-state index contributed by atoms with van der Waals surface area (Å²) in [6.07, 6.45) is 10.2. The average Bonchev–Trinajstić information content (AvgIpc) is 3.65. The molecule has 0 unspecified atom stereocenters. The molecule has 0 radical (unpaired) electrons. The number of unbranched alkanes of at least 4 members (excludes halogenated alkanes) is 1. The van der Waals surface area contributed by atoms with E-state index in [1.165, 1.54) is 11.3 Å². The molecular weight excluding hydrogens is 491 g/mol.